The van der Waals surface area contributed by atoms with Crippen molar-refractivity contribution in [2.75, 3.05) is 5.32 Å². The molecule has 0 aliphatic heterocycles. The summed E-state index contributed by atoms with van der Waals surface area (Å²) >= 11 is 0. The number of benzene rings is 1. The summed E-state index contributed by atoms with van der Waals surface area (Å²) in [6.45, 7) is 2.21. The molecule has 2 heteroatoms. The predicted molar refractivity (Wildman–Crippen MR) is 61.6 cm³/mol. The van der Waals surface area contributed by atoms with Crippen LogP contribution in [-0.2, 0) is 0 Å². The second kappa shape index (κ2) is 4.35. The predicted octanol–water partition coefficient (Wildman–Crippen LogP) is 3.16. The Balaban J connectivity index is 2.06. The quantitative estimate of drug-likeness (QED) is 0.813. The molecule has 1 saturated carbocycles. The average Bonchev–Trinajstić information content (AvgIpc) is 2.15. The molecule has 2 nitrogen and oxygen atoms in total. The zero-order chi connectivity index (χ0) is 10.7. The Morgan fingerprint density at radius 2 is 2.13 bits per heavy atom. The SMILES string of the molecule is CC(Nc1ccccc1C#N)C1CCC1. The van der Waals surface area contributed by atoms with Crippen LogP contribution in [-0.4, -0.2) is 6.04 Å². The van der Waals surface area contributed by atoms with Gasteiger partial charge in [0.1, 0.15) is 6.07 Å². The third kappa shape index (κ3) is 2.12. The van der Waals surface area contributed by atoms with Crippen LogP contribution in [0.1, 0.15) is 31.7 Å². The first-order valence-electron chi connectivity index (χ1n) is 5.57. The van der Waals surface area contributed by atoms with Crippen molar-refractivity contribution in [3.8, 4) is 6.07 Å². The largest absolute Gasteiger partial charge is 0.381 e. The second-order valence-corrected chi connectivity index (χ2v) is 4.28. The normalized spacial score (nSPS) is 17.6. The minimum absolute atomic E-state index is 0.480. The number of hydrogen-bond donors (Lipinski definition) is 1. The van der Waals surface area contributed by atoms with E-state index in [2.05, 4.69) is 18.3 Å². The van der Waals surface area contributed by atoms with E-state index in [0.717, 1.165) is 17.2 Å². The summed E-state index contributed by atoms with van der Waals surface area (Å²) in [7, 11) is 0. The van der Waals surface area contributed by atoms with Gasteiger partial charge in [0.2, 0.25) is 0 Å². The zero-order valence-corrected chi connectivity index (χ0v) is 9.03. The molecule has 15 heavy (non-hydrogen) atoms. The molecule has 0 amide bonds. The lowest BCUT2D eigenvalue weighted by atomic mass is 9.80. The van der Waals surface area contributed by atoms with Crippen molar-refractivity contribution in [2.24, 2.45) is 5.92 Å². The maximum atomic E-state index is 8.95. The van der Waals surface area contributed by atoms with Gasteiger partial charge in [-0.15, -0.1) is 0 Å². The number of hydrogen-bond acceptors (Lipinski definition) is 2. The monoisotopic (exact) mass is 200 g/mol. The maximum absolute atomic E-state index is 8.95. The van der Waals surface area contributed by atoms with Gasteiger partial charge in [0.05, 0.1) is 11.3 Å². The molecular weight excluding hydrogens is 184 g/mol. The number of anilines is 1. The molecule has 0 bridgehead atoms. The van der Waals surface area contributed by atoms with E-state index in [1.807, 2.05) is 24.3 Å². The topological polar surface area (TPSA) is 35.8 Å². The Morgan fingerprint density at radius 1 is 1.40 bits per heavy atom. The average molecular weight is 200 g/mol. The molecule has 1 fully saturated rings. The fraction of sp³-hybridized carbons (Fsp3) is 0.462. The van der Waals surface area contributed by atoms with Gasteiger partial charge in [-0.05, 0) is 37.8 Å². The molecule has 0 saturated heterocycles. The number of para-hydroxylation sites is 1. The van der Waals surface area contributed by atoms with E-state index < -0.39 is 0 Å². The van der Waals surface area contributed by atoms with Gasteiger partial charge < -0.3 is 5.32 Å². The standard InChI is InChI=1S/C13H16N2/c1-10(11-6-4-7-11)15-13-8-3-2-5-12(13)9-14/h2-3,5,8,10-11,15H,4,6-7H2,1H3. The Hall–Kier alpha value is -1.49. The highest BCUT2D eigenvalue weighted by molar-refractivity contribution is 5.57. The van der Waals surface area contributed by atoms with Crippen molar-refractivity contribution >= 4 is 5.69 Å². The third-order valence-corrected chi connectivity index (χ3v) is 3.29. The lowest BCUT2D eigenvalue weighted by Crippen LogP contribution is -2.31. The first-order chi connectivity index (χ1) is 7.31. The lowest BCUT2D eigenvalue weighted by Gasteiger charge is -2.32. The van der Waals surface area contributed by atoms with Crippen molar-refractivity contribution in [1.82, 2.24) is 0 Å². The zero-order valence-electron chi connectivity index (χ0n) is 9.03. The molecule has 0 radical (unpaired) electrons. The highest BCUT2D eigenvalue weighted by atomic mass is 14.9. The van der Waals surface area contributed by atoms with Crippen molar-refractivity contribution in [1.29, 1.82) is 5.26 Å². The summed E-state index contributed by atoms with van der Waals surface area (Å²) < 4.78 is 0. The molecule has 1 aliphatic rings. The Kier molecular flexibility index (Phi) is 2.91. The molecular formula is C13H16N2. The Labute approximate surface area is 90.9 Å². The van der Waals surface area contributed by atoms with Crippen molar-refractivity contribution < 1.29 is 0 Å². The summed E-state index contributed by atoms with van der Waals surface area (Å²) in [5.74, 6) is 0.789. The molecule has 1 aromatic rings. The van der Waals surface area contributed by atoms with Gasteiger partial charge in [-0.1, -0.05) is 18.6 Å². The molecule has 1 N–H and O–H groups in total. The summed E-state index contributed by atoms with van der Waals surface area (Å²) in [5.41, 5.74) is 1.71. The summed E-state index contributed by atoms with van der Waals surface area (Å²) in [6.07, 6.45) is 4.00. The third-order valence-electron chi connectivity index (χ3n) is 3.29. The first kappa shape index (κ1) is 10.0. The van der Waals surface area contributed by atoms with E-state index in [4.69, 9.17) is 5.26 Å². The van der Waals surface area contributed by atoms with Crippen LogP contribution in [0, 0.1) is 17.2 Å². The Morgan fingerprint density at radius 3 is 2.73 bits per heavy atom. The molecule has 1 unspecified atom stereocenters. The van der Waals surface area contributed by atoms with Crippen LogP contribution in [0.15, 0.2) is 24.3 Å². The van der Waals surface area contributed by atoms with Crippen molar-refractivity contribution in [3.05, 3.63) is 29.8 Å². The van der Waals surface area contributed by atoms with Crippen LogP contribution >= 0.6 is 0 Å². The molecule has 0 aromatic heterocycles. The molecule has 1 aromatic carbocycles. The van der Waals surface area contributed by atoms with Gasteiger partial charge in [-0.25, -0.2) is 0 Å². The van der Waals surface area contributed by atoms with Crippen LogP contribution in [0.5, 0.6) is 0 Å². The van der Waals surface area contributed by atoms with Gasteiger partial charge in [0.25, 0.3) is 0 Å². The second-order valence-electron chi connectivity index (χ2n) is 4.28. The molecule has 78 valence electrons. The van der Waals surface area contributed by atoms with Crippen molar-refractivity contribution in [2.45, 2.75) is 32.2 Å². The van der Waals surface area contributed by atoms with E-state index >= 15 is 0 Å². The minimum atomic E-state index is 0.480. The summed E-state index contributed by atoms with van der Waals surface area (Å²) in [6, 6.07) is 10.4. The fourth-order valence-electron chi connectivity index (χ4n) is 2.01. The fourth-order valence-corrected chi connectivity index (χ4v) is 2.01. The molecule has 0 spiro atoms. The van der Waals surface area contributed by atoms with Gasteiger partial charge >= 0.3 is 0 Å². The van der Waals surface area contributed by atoms with Crippen LogP contribution < -0.4 is 5.32 Å². The Bertz CT molecular complexity index is 374. The number of nitrogens with zero attached hydrogens (tertiary/aromatic N) is 1. The van der Waals surface area contributed by atoms with Gasteiger partial charge in [0, 0.05) is 6.04 Å². The maximum Gasteiger partial charge on any atom is 0.101 e. The van der Waals surface area contributed by atoms with Crippen LogP contribution in [0.3, 0.4) is 0 Å². The smallest absolute Gasteiger partial charge is 0.101 e. The summed E-state index contributed by atoms with van der Waals surface area (Å²) in [4.78, 5) is 0. The molecule has 1 aliphatic carbocycles. The molecule has 0 heterocycles. The minimum Gasteiger partial charge on any atom is -0.381 e. The highest BCUT2D eigenvalue weighted by Gasteiger charge is 2.23. The van der Waals surface area contributed by atoms with E-state index in [-0.39, 0.29) is 0 Å². The van der Waals surface area contributed by atoms with Gasteiger partial charge in [-0.2, -0.15) is 5.26 Å². The lowest BCUT2D eigenvalue weighted by molar-refractivity contribution is 0.285. The van der Waals surface area contributed by atoms with E-state index in [1.165, 1.54) is 19.3 Å². The van der Waals surface area contributed by atoms with Crippen LogP contribution in [0.2, 0.25) is 0 Å². The number of nitrogens with one attached hydrogen (secondary N) is 1. The molecule has 2 rings (SSSR count). The highest BCUT2D eigenvalue weighted by Crippen LogP contribution is 2.31. The molecule has 1 atom stereocenters. The van der Waals surface area contributed by atoms with E-state index in [0.29, 0.717) is 6.04 Å². The first-order valence-corrected chi connectivity index (χ1v) is 5.57. The number of nitriles is 1. The van der Waals surface area contributed by atoms with Gasteiger partial charge in [-0.3, -0.25) is 0 Å². The number of rotatable bonds is 3. The van der Waals surface area contributed by atoms with E-state index in [9.17, 15) is 0 Å². The summed E-state index contributed by atoms with van der Waals surface area (Å²) in [5, 5.41) is 12.4. The van der Waals surface area contributed by atoms with Crippen molar-refractivity contribution in [3.63, 3.8) is 0 Å². The van der Waals surface area contributed by atoms with Crippen LogP contribution in [0.4, 0.5) is 5.69 Å². The van der Waals surface area contributed by atoms with Crippen LogP contribution in [0.25, 0.3) is 0 Å². The van der Waals surface area contributed by atoms with E-state index in [1.54, 1.807) is 0 Å². The van der Waals surface area contributed by atoms with Gasteiger partial charge in [0.15, 0.2) is 0 Å².